The molecule has 2 nitrogen and oxygen atoms in total. The predicted molar refractivity (Wildman–Crippen MR) is 97.4 cm³/mol. The molecule has 0 amide bonds. The lowest BCUT2D eigenvalue weighted by atomic mass is 10.1. The van der Waals surface area contributed by atoms with Gasteiger partial charge in [0.1, 0.15) is 5.69 Å². The molecule has 0 N–H and O–H groups in total. The third-order valence-electron chi connectivity index (χ3n) is 3.60. The molecule has 2 aromatic heterocycles. The Balaban J connectivity index is 2.13. The first-order valence-corrected chi connectivity index (χ1v) is 8.92. The van der Waals surface area contributed by atoms with Crippen molar-refractivity contribution in [3.8, 4) is 11.4 Å². The monoisotopic (exact) mass is 394 g/mol. The van der Waals surface area contributed by atoms with Crippen molar-refractivity contribution in [2.45, 2.75) is 52.4 Å². The molecule has 0 aliphatic heterocycles. The Morgan fingerprint density at radius 1 is 0.905 bits per heavy atom. The lowest BCUT2D eigenvalue weighted by Gasteiger charge is -2.07. The summed E-state index contributed by atoms with van der Waals surface area (Å²) in [6.45, 7) is 4.44. The van der Waals surface area contributed by atoms with Gasteiger partial charge >= 0.3 is 0 Å². The lowest BCUT2D eigenvalue weighted by Crippen LogP contribution is -1.95. The minimum absolute atomic E-state index is 0.974. The van der Waals surface area contributed by atoms with Crippen LogP contribution in [-0.2, 0) is 12.8 Å². The molecule has 0 aliphatic carbocycles. The van der Waals surface area contributed by atoms with Gasteiger partial charge in [0.25, 0.3) is 0 Å². The van der Waals surface area contributed by atoms with Gasteiger partial charge in [-0.15, -0.1) is 0 Å². The molecule has 0 bridgehead atoms. The van der Waals surface area contributed by atoms with E-state index in [9.17, 15) is 0 Å². The topological polar surface area (TPSA) is 25.8 Å². The third-order valence-corrected chi connectivity index (χ3v) is 4.43. The molecule has 2 heterocycles. The Kier molecular flexibility index (Phi) is 6.61. The van der Waals surface area contributed by atoms with Crippen LogP contribution in [0, 0.1) is 3.57 Å². The fraction of sp³-hybridized carbons (Fsp3) is 0.444. The summed E-state index contributed by atoms with van der Waals surface area (Å²) in [5, 5.41) is 0. The van der Waals surface area contributed by atoms with Gasteiger partial charge in [-0.25, -0.2) is 0 Å². The zero-order valence-corrected chi connectivity index (χ0v) is 15.1. The first-order chi connectivity index (χ1) is 10.2. The summed E-state index contributed by atoms with van der Waals surface area (Å²) in [4.78, 5) is 9.21. The van der Waals surface area contributed by atoms with Crippen molar-refractivity contribution in [3.63, 3.8) is 0 Å². The molecule has 2 aromatic rings. The number of aryl methyl sites for hydroxylation is 2. The third kappa shape index (κ3) is 4.77. The first-order valence-electron chi connectivity index (χ1n) is 7.84. The molecule has 0 fully saturated rings. The molecule has 112 valence electrons. The number of nitrogens with zero attached hydrogens (tertiary/aromatic N) is 2. The predicted octanol–water partition coefficient (Wildman–Crippen LogP) is 5.43. The van der Waals surface area contributed by atoms with E-state index >= 15 is 0 Å². The van der Waals surface area contributed by atoms with Crippen molar-refractivity contribution in [1.82, 2.24) is 9.97 Å². The average molecular weight is 394 g/mol. The van der Waals surface area contributed by atoms with E-state index < -0.39 is 0 Å². The van der Waals surface area contributed by atoms with Crippen molar-refractivity contribution in [2.75, 3.05) is 0 Å². The van der Waals surface area contributed by atoms with Gasteiger partial charge in [-0.05, 0) is 71.5 Å². The molecule has 3 heteroatoms. The maximum atomic E-state index is 4.62. The van der Waals surface area contributed by atoms with E-state index in [1.807, 2.05) is 12.4 Å². The molecule has 0 spiro atoms. The maximum absolute atomic E-state index is 4.62. The summed E-state index contributed by atoms with van der Waals surface area (Å²) in [5.74, 6) is 0. The highest BCUT2D eigenvalue weighted by Gasteiger charge is 2.07. The highest BCUT2D eigenvalue weighted by molar-refractivity contribution is 14.1. The molecular formula is C18H23IN2. The van der Waals surface area contributed by atoms with E-state index in [0.29, 0.717) is 0 Å². The van der Waals surface area contributed by atoms with Gasteiger partial charge in [-0.3, -0.25) is 9.97 Å². The highest BCUT2D eigenvalue weighted by Crippen LogP contribution is 2.23. The Bertz CT molecular complexity index is 564. The summed E-state index contributed by atoms with van der Waals surface area (Å²) in [5.41, 5.74) is 4.61. The fourth-order valence-corrected chi connectivity index (χ4v) is 3.09. The fourth-order valence-electron chi connectivity index (χ4n) is 2.28. The molecule has 0 aromatic carbocycles. The smallest absolute Gasteiger partial charge is 0.102 e. The van der Waals surface area contributed by atoms with Crippen LogP contribution in [0.4, 0.5) is 0 Å². The number of rotatable bonds is 7. The van der Waals surface area contributed by atoms with Crippen LogP contribution in [0.25, 0.3) is 11.4 Å². The second-order valence-electron chi connectivity index (χ2n) is 5.43. The number of aromatic nitrogens is 2. The number of halogens is 1. The summed E-state index contributed by atoms with van der Waals surface area (Å²) in [7, 11) is 0. The molecular weight excluding hydrogens is 371 g/mol. The normalized spacial score (nSPS) is 10.8. The van der Waals surface area contributed by atoms with Crippen LogP contribution in [0.15, 0.2) is 30.6 Å². The quantitative estimate of drug-likeness (QED) is 0.585. The van der Waals surface area contributed by atoms with Crippen LogP contribution in [0.3, 0.4) is 0 Å². The number of hydrogen-bond acceptors (Lipinski definition) is 2. The van der Waals surface area contributed by atoms with E-state index in [1.165, 1.54) is 40.4 Å². The Labute approximate surface area is 141 Å². The van der Waals surface area contributed by atoms with Crippen LogP contribution in [0.2, 0.25) is 0 Å². The standard InChI is InChI=1S/C18H23IN2/c1-3-5-7-14-9-10-17(20-12-14)18-16(19)11-15(13-21-18)8-6-4-2/h9-13H,3-8H2,1-2H3. The molecule has 0 atom stereocenters. The van der Waals surface area contributed by atoms with Crippen LogP contribution in [-0.4, -0.2) is 9.97 Å². The van der Waals surface area contributed by atoms with E-state index in [4.69, 9.17) is 0 Å². The second kappa shape index (κ2) is 8.47. The maximum Gasteiger partial charge on any atom is 0.102 e. The van der Waals surface area contributed by atoms with Crippen molar-refractivity contribution in [3.05, 3.63) is 45.3 Å². The van der Waals surface area contributed by atoms with Crippen molar-refractivity contribution >= 4 is 22.6 Å². The van der Waals surface area contributed by atoms with Crippen LogP contribution in [0.5, 0.6) is 0 Å². The number of hydrogen-bond donors (Lipinski definition) is 0. The molecule has 0 radical (unpaired) electrons. The molecule has 21 heavy (non-hydrogen) atoms. The van der Waals surface area contributed by atoms with Crippen molar-refractivity contribution in [1.29, 1.82) is 0 Å². The summed E-state index contributed by atoms with van der Waals surface area (Å²) in [6.07, 6.45) is 11.1. The minimum Gasteiger partial charge on any atom is -0.254 e. The van der Waals surface area contributed by atoms with Crippen molar-refractivity contribution < 1.29 is 0 Å². The van der Waals surface area contributed by atoms with Crippen molar-refractivity contribution in [2.24, 2.45) is 0 Å². The molecule has 0 aliphatic rings. The van der Waals surface area contributed by atoms with Gasteiger partial charge in [0.15, 0.2) is 0 Å². The Morgan fingerprint density at radius 2 is 1.57 bits per heavy atom. The molecule has 0 saturated heterocycles. The van der Waals surface area contributed by atoms with Gasteiger partial charge in [0, 0.05) is 16.0 Å². The van der Waals surface area contributed by atoms with Crippen LogP contribution >= 0.6 is 22.6 Å². The van der Waals surface area contributed by atoms with E-state index in [-0.39, 0.29) is 0 Å². The van der Waals surface area contributed by atoms with Gasteiger partial charge in [0.05, 0.1) is 5.69 Å². The van der Waals surface area contributed by atoms with Crippen LogP contribution in [0.1, 0.15) is 50.7 Å². The first kappa shape index (κ1) is 16.4. The summed E-state index contributed by atoms with van der Waals surface area (Å²) >= 11 is 2.37. The summed E-state index contributed by atoms with van der Waals surface area (Å²) in [6, 6.07) is 6.52. The van der Waals surface area contributed by atoms with Gasteiger partial charge < -0.3 is 0 Å². The van der Waals surface area contributed by atoms with E-state index in [2.05, 4.69) is 64.6 Å². The Morgan fingerprint density at radius 3 is 2.14 bits per heavy atom. The lowest BCUT2D eigenvalue weighted by molar-refractivity contribution is 0.791. The molecule has 0 saturated carbocycles. The second-order valence-corrected chi connectivity index (χ2v) is 6.59. The zero-order valence-electron chi connectivity index (χ0n) is 12.9. The molecule has 0 unspecified atom stereocenters. The van der Waals surface area contributed by atoms with E-state index in [0.717, 1.165) is 24.2 Å². The number of pyridine rings is 2. The summed E-state index contributed by atoms with van der Waals surface area (Å²) < 4.78 is 1.19. The minimum atomic E-state index is 0.974. The highest BCUT2D eigenvalue weighted by atomic mass is 127. The van der Waals surface area contributed by atoms with E-state index in [1.54, 1.807) is 0 Å². The van der Waals surface area contributed by atoms with Gasteiger partial charge in [-0.1, -0.05) is 32.8 Å². The average Bonchev–Trinajstić information content (AvgIpc) is 2.52. The van der Waals surface area contributed by atoms with Gasteiger partial charge in [-0.2, -0.15) is 0 Å². The van der Waals surface area contributed by atoms with Crippen LogP contribution < -0.4 is 0 Å². The Hall–Kier alpha value is -0.970. The SMILES string of the molecule is CCCCc1ccc(-c2ncc(CCCC)cc2I)nc1. The molecule has 2 rings (SSSR count). The largest absolute Gasteiger partial charge is 0.254 e. The zero-order chi connectivity index (χ0) is 15.1. The number of unbranched alkanes of at least 4 members (excludes halogenated alkanes) is 2. The van der Waals surface area contributed by atoms with Gasteiger partial charge in [0.2, 0.25) is 0 Å².